The van der Waals surface area contributed by atoms with Crippen molar-refractivity contribution in [3.05, 3.63) is 76.8 Å². The first-order chi connectivity index (χ1) is 15.3. The van der Waals surface area contributed by atoms with E-state index in [9.17, 15) is 13.9 Å². The minimum atomic E-state index is -1.61. The largest absolute Gasteiger partial charge is 0.382 e. The summed E-state index contributed by atoms with van der Waals surface area (Å²) >= 11 is 3.45. The maximum absolute atomic E-state index is 14.8. The fraction of sp³-hybridized carbons (Fsp3) is 0.391. The number of aromatic nitrogens is 3. The molecule has 170 valence electrons. The summed E-state index contributed by atoms with van der Waals surface area (Å²) in [7, 11) is 0. The quantitative estimate of drug-likeness (QED) is 0.504. The van der Waals surface area contributed by atoms with Gasteiger partial charge in [-0.15, -0.1) is 0 Å². The number of halogens is 3. The molecule has 0 saturated carbocycles. The van der Waals surface area contributed by atoms with Gasteiger partial charge in [0.2, 0.25) is 0 Å². The SMILES string of the molecule is C[C@@H](N1CCC(Nc2ccc(Br)cc2)CC1)[C@](O)(Cn1cncn1)c1ccc(F)cc1F. The molecule has 1 fully saturated rings. The van der Waals surface area contributed by atoms with Crippen LogP contribution < -0.4 is 5.32 Å². The Morgan fingerprint density at radius 1 is 1.19 bits per heavy atom. The van der Waals surface area contributed by atoms with E-state index >= 15 is 0 Å². The van der Waals surface area contributed by atoms with Crippen LogP contribution in [0.2, 0.25) is 0 Å². The van der Waals surface area contributed by atoms with Crippen LogP contribution in [0.4, 0.5) is 14.5 Å². The van der Waals surface area contributed by atoms with Gasteiger partial charge in [0.05, 0.1) is 6.54 Å². The van der Waals surface area contributed by atoms with Crippen molar-refractivity contribution in [2.75, 3.05) is 18.4 Å². The van der Waals surface area contributed by atoms with E-state index in [1.807, 2.05) is 31.2 Å². The maximum atomic E-state index is 14.8. The molecule has 0 bridgehead atoms. The van der Waals surface area contributed by atoms with Crippen molar-refractivity contribution >= 4 is 21.6 Å². The van der Waals surface area contributed by atoms with Gasteiger partial charge < -0.3 is 10.4 Å². The summed E-state index contributed by atoms with van der Waals surface area (Å²) in [5.74, 6) is -1.45. The van der Waals surface area contributed by atoms with Crippen LogP contribution in [0.15, 0.2) is 59.6 Å². The predicted octanol–water partition coefficient (Wildman–Crippen LogP) is 4.17. The van der Waals surface area contributed by atoms with Crippen LogP contribution in [0.25, 0.3) is 0 Å². The fourth-order valence-corrected chi connectivity index (χ4v) is 4.62. The van der Waals surface area contributed by atoms with Crippen LogP contribution in [0.1, 0.15) is 25.3 Å². The Kier molecular flexibility index (Phi) is 6.88. The molecule has 6 nitrogen and oxygen atoms in total. The Bertz CT molecular complexity index is 1030. The molecule has 32 heavy (non-hydrogen) atoms. The number of aliphatic hydroxyl groups is 1. The molecule has 2 heterocycles. The molecule has 1 saturated heterocycles. The van der Waals surface area contributed by atoms with Crippen LogP contribution in [0.5, 0.6) is 0 Å². The molecule has 2 N–H and O–H groups in total. The smallest absolute Gasteiger partial charge is 0.137 e. The Labute approximate surface area is 194 Å². The number of rotatable bonds is 7. The van der Waals surface area contributed by atoms with Gasteiger partial charge >= 0.3 is 0 Å². The van der Waals surface area contributed by atoms with Gasteiger partial charge in [-0.1, -0.05) is 22.0 Å². The van der Waals surface area contributed by atoms with Crippen LogP contribution >= 0.6 is 15.9 Å². The molecule has 0 spiro atoms. The minimum absolute atomic E-state index is 0.00773. The van der Waals surface area contributed by atoms with Crippen molar-refractivity contribution < 1.29 is 13.9 Å². The molecule has 1 aromatic heterocycles. The van der Waals surface area contributed by atoms with Gasteiger partial charge in [-0.05, 0) is 50.1 Å². The van der Waals surface area contributed by atoms with Gasteiger partial charge in [0.25, 0.3) is 0 Å². The lowest BCUT2D eigenvalue weighted by molar-refractivity contribution is -0.0686. The maximum Gasteiger partial charge on any atom is 0.137 e. The Hall–Kier alpha value is -2.36. The molecule has 0 amide bonds. The zero-order valence-corrected chi connectivity index (χ0v) is 19.3. The molecule has 4 rings (SSSR count). The van der Waals surface area contributed by atoms with Gasteiger partial charge in [0.1, 0.15) is 29.9 Å². The number of benzene rings is 2. The summed E-state index contributed by atoms with van der Waals surface area (Å²) in [5.41, 5.74) is -0.495. The van der Waals surface area contributed by atoms with E-state index in [4.69, 9.17) is 0 Å². The van der Waals surface area contributed by atoms with E-state index in [0.717, 1.165) is 42.2 Å². The standard InChI is InChI=1S/C23H26BrF2N5O/c1-16(30-10-8-20(9-11-30)29-19-5-2-17(24)3-6-19)23(32,13-31-15-27-14-28-31)21-7-4-18(25)12-22(21)26/h2-7,12,14-16,20,29,32H,8-11,13H2,1H3/t16-,23-/m1/s1. The van der Waals surface area contributed by atoms with Gasteiger partial charge in [-0.25, -0.2) is 18.4 Å². The topological polar surface area (TPSA) is 66.2 Å². The zero-order chi connectivity index (χ0) is 22.7. The van der Waals surface area contributed by atoms with E-state index < -0.39 is 23.3 Å². The van der Waals surface area contributed by atoms with Crippen LogP contribution in [-0.4, -0.2) is 49.9 Å². The second-order valence-electron chi connectivity index (χ2n) is 8.28. The molecular formula is C23H26BrF2N5O. The summed E-state index contributed by atoms with van der Waals surface area (Å²) in [4.78, 5) is 6.08. The molecule has 2 aromatic carbocycles. The molecule has 1 aliphatic rings. The number of nitrogens with one attached hydrogen (secondary N) is 1. The van der Waals surface area contributed by atoms with E-state index in [1.165, 1.54) is 29.5 Å². The van der Waals surface area contributed by atoms with E-state index in [0.29, 0.717) is 6.04 Å². The highest BCUT2D eigenvalue weighted by Gasteiger charge is 2.42. The van der Waals surface area contributed by atoms with Crippen molar-refractivity contribution in [2.45, 2.75) is 44.0 Å². The van der Waals surface area contributed by atoms with E-state index in [-0.39, 0.29) is 12.1 Å². The first-order valence-corrected chi connectivity index (χ1v) is 11.4. The minimum Gasteiger partial charge on any atom is -0.382 e. The van der Waals surface area contributed by atoms with Gasteiger partial charge in [-0.2, -0.15) is 5.10 Å². The third-order valence-corrected chi connectivity index (χ3v) is 6.78. The van der Waals surface area contributed by atoms with Crippen molar-refractivity contribution in [3.63, 3.8) is 0 Å². The number of piperidine rings is 1. The van der Waals surface area contributed by atoms with E-state index in [2.05, 4.69) is 36.2 Å². The summed E-state index contributed by atoms with van der Waals surface area (Å²) in [6.45, 7) is 3.35. The third-order valence-electron chi connectivity index (χ3n) is 6.25. The van der Waals surface area contributed by atoms with Crippen molar-refractivity contribution in [1.82, 2.24) is 19.7 Å². The Balaban J connectivity index is 1.50. The van der Waals surface area contributed by atoms with Crippen LogP contribution in [0.3, 0.4) is 0 Å². The number of hydrogen-bond acceptors (Lipinski definition) is 5. The van der Waals surface area contributed by atoms with Gasteiger partial charge in [-0.3, -0.25) is 4.90 Å². The molecule has 0 unspecified atom stereocenters. The van der Waals surface area contributed by atoms with Gasteiger partial charge in [0.15, 0.2) is 0 Å². The fourth-order valence-electron chi connectivity index (χ4n) is 4.36. The molecule has 0 radical (unpaired) electrons. The van der Waals surface area contributed by atoms with Crippen LogP contribution in [-0.2, 0) is 12.1 Å². The highest BCUT2D eigenvalue weighted by Crippen LogP contribution is 2.34. The van der Waals surface area contributed by atoms with Crippen molar-refractivity contribution in [3.8, 4) is 0 Å². The number of likely N-dealkylation sites (tertiary alicyclic amines) is 1. The first-order valence-electron chi connectivity index (χ1n) is 10.6. The summed E-state index contributed by atoms with van der Waals surface area (Å²) in [6, 6.07) is 11.3. The summed E-state index contributed by atoms with van der Waals surface area (Å²) in [5, 5.41) is 19.4. The molecule has 9 heteroatoms. The molecule has 3 aromatic rings. The number of anilines is 1. The van der Waals surface area contributed by atoms with E-state index in [1.54, 1.807) is 0 Å². The van der Waals surface area contributed by atoms with Crippen molar-refractivity contribution in [2.24, 2.45) is 0 Å². The molecule has 1 aliphatic heterocycles. The normalized spacial score (nSPS) is 18.3. The zero-order valence-electron chi connectivity index (χ0n) is 17.8. The third kappa shape index (κ3) is 5.00. The number of hydrogen-bond donors (Lipinski definition) is 2. The van der Waals surface area contributed by atoms with Crippen LogP contribution in [0, 0.1) is 11.6 Å². The summed E-state index contributed by atoms with van der Waals surface area (Å²) in [6.07, 6.45) is 4.61. The highest BCUT2D eigenvalue weighted by atomic mass is 79.9. The summed E-state index contributed by atoms with van der Waals surface area (Å²) < 4.78 is 30.8. The average molecular weight is 506 g/mol. The molecule has 0 aliphatic carbocycles. The number of nitrogens with zero attached hydrogens (tertiary/aromatic N) is 4. The highest BCUT2D eigenvalue weighted by molar-refractivity contribution is 9.10. The lowest BCUT2D eigenvalue weighted by Crippen LogP contribution is -2.55. The van der Waals surface area contributed by atoms with Gasteiger partial charge in [0, 0.05) is 47.0 Å². The first kappa shape index (κ1) is 22.8. The van der Waals surface area contributed by atoms with Crippen molar-refractivity contribution in [1.29, 1.82) is 0 Å². The second kappa shape index (κ2) is 9.64. The Morgan fingerprint density at radius 2 is 1.91 bits per heavy atom. The lowest BCUT2D eigenvalue weighted by atomic mass is 9.84. The predicted molar refractivity (Wildman–Crippen MR) is 122 cm³/mol. The monoisotopic (exact) mass is 505 g/mol. The second-order valence-corrected chi connectivity index (χ2v) is 9.19. The average Bonchev–Trinajstić information content (AvgIpc) is 3.28. The Morgan fingerprint density at radius 3 is 2.53 bits per heavy atom. The molecule has 2 atom stereocenters. The molecular weight excluding hydrogens is 480 g/mol. The lowest BCUT2D eigenvalue weighted by Gasteiger charge is -2.44.